The highest BCUT2D eigenvalue weighted by molar-refractivity contribution is 7.85. The summed E-state index contributed by atoms with van der Waals surface area (Å²) in [7, 11) is -6.02. The van der Waals surface area contributed by atoms with E-state index in [1.165, 1.54) is 109 Å². The molecule has 0 spiro atoms. The predicted octanol–water partition coefficient (Wildman–Crippen LogP) is 10.7. The molecule has 0 N–H and O–H groups in total. The zero-order valence-electron chi connectivity index (χ0n) is 26.1. The van der Waals surface area contributed by atoms with Crippen LogP contribution >= 0.6 is 0 Å². The highest BCUT2D eigenvalue weighted by Crippen LogP contribution is 2.47. The summed E-state index contributed by atoms with van der Waals surface area (Å²) in [6.07, 6.45) is 14.2. The van der Waals surface area contributed by atoms with Gasteiger partial charge in [-0.25, -0.2) is 8.42 Å². The van der Waals surface area contributed by atoms with Crippen molar-refractivity contribution in [3.8, 4) is 0 Å². The Balaban J connectivity index is 3.74. The average molecular weight is 654 g/mol. The van der Waals surface area contributed by atoms with E-state index >= 15 is 0 Å². The van der Waals surface area contributed by atoms with E-state index in [4.69, 9.17) is 0 Å². The molecule has 0 aromatic rings. The molecular formula is C31H55F6O5S-. The van der Waals surface area contributed by atoms with Crippen molar-refractivity contribution in [3.63, 3.8) is 0 Å². The van der Waals surface area contributed by atoms with Crippen LogP contribution in [-0.2, 0) is 19.6 Å². The van der Waals surface area contributed by atoms with Gasteiger partial charge in [-0.2, -0.15) is 26.3 Å². The number of carbonyl (C=O) groups is 1. The van der Waals surface area contributed by atoms with E-state index in [2.05, 4.69) is 11.7 Å². The lowest BCUT2D eigenvalue weighted by molar-refractivity contribution is -0.361. The number of halogens is 6. The van der Waals surface area contributed by atoms with Crippen LogP contribution in [0.5, 0.6) is 0 Å². The molecule has 0 aromatic carbocycles. The molecule has 0 radical (unpaired) electrons. The first-order valence-electron chi connectivity index (χ1n) is 16.4. The van der Waals surface area contributed by atoms with Gasteiger partial charge >= 0.3 is 23.9 Å². The van der Waals surface area contributed by atoms with Crippen molar-refractivity contribution in [3.05, 3.63) is 0 Å². The summed E-state index contributed by atoms with van der Waals surface area (Å²) in [4.78, 5) is 11.7. The minimum Gasteiger partial charge on any atom is -0.748 e. The van der Waals surface area contributed by atoms with Gasteiger partial charge < -0.3 is 9.29 Å². The Morgan fingerprint density at radius 3 is 1.02 bits per heavy atom. The van der Waals surface area contributed by atoms with E-state index in [0.717, 1.165) is 25.7 Å². The molecule has 0 bridgehead atoms. The largest absolute Gasteiger partial charge is 0.748 e. The van der Waals surface area contributed by atoms with Crippen LogP contribution in [-0.4, -0.2) is 42.6 Å². The SMILES string of the molecule is CCCCCCCCCCCCCCCCCCCCCCCCCCC(=O)OC(CS(=O)(=O)[O-])(C(F)(F)F)C(F)(F)F. The Morgan fingerprint density at radius 1 is 0.535 bits per heavy atom. The molecule has 5 nitrogen and oxygen atoms in total. The topological polar surface area (TPSA) is 83.5 Å². The summed E-state index contributed by atoms with van der Waals surface area (Å²) < 4.78 is 115. The lowest BCUT2D eigenvalue weighted by Crippen LogP contribution is -2.63. The molecule has 0 saturated heterocycles. The molecule has 0 saturated carbocycles. The smallest absolute Gasteiger partial charge is 0.438 e. The maximum Gasteiger partial charge on any atom is 0.438 e. The van der Waals surface area contributed by atoms with Gasteiger partial charge in [0.15, 0.2) is 0 Å². The molecule has 43 heavy (non-hydrogen) atoms. The molecule has 0 aromatic heterocycles. The molecule has 0 aliphatic rings. The van der Waals surface area contributed by atoms with E-state index in [1.54, 1.807) is 0 Å². The van der Waals surface area contributed by atoms with E-state index in [-0.39, 0.29) is 6.42 Å². The third-order valence-electron chi connectivity index (χ3n) is 7.82. The Kier molecular flexibility index (Phi) is 22.8. The van der Waals surface area contributed by atoms with Crippen LogP contribution in [0.1, 0.15) is 167 Å². The van der Waals surface area contributed by atoms with E-state index in [9.17, 15) is 44.1 Å². The van der Waals surface area contributed by atoms with Crippen LogP contribution in [0.25, 0.3) is 0 Å². The fraction of sp³-hybridized carbons (Fsp3) is 0.968. The third-order valence-corrected chi connectivity index (χ3v) is 8.58. The second kappa shape index (κ2) is 23.3. The van der Waals surface area contributed by atoms with Crippen molar-refractivity contribution in [2.45, 2.75) is 185 Å². The number of rotatable bonds is 28. The van der Waals surface area contributed by atoms with Gasteiger partial charge in [-0.15, -0.1) is 0 Å². The van der Waals surface area contributed by atoms with Gasteiger partial charge in [0.05, 0.1) is 15.9 Å². The summed E-state index contributed by atoms with van der Waals surface area (Å²) in [5.74, 6) is -4.81. The second-order valence-corrected chi connectivity index (χ2v) is 13.3. The van der Waals surface area contributed by atoms with E-state index < -0.39 is 46.2 Å². The van der Waals surface area contributed by atoms with Crippen molar-refractivity contribution in [2.24, 2.45) is 0 Å². The highest BCUT2D eigenvalue weighted by atomic mass is 32.2. The normalized spacial score (nSPS) is 13.0. The molecule has 258 valence electrons. The van der Waals surface area contributed by atoms with Crippen molar-refractivity contribution >= 4 is 16.1 Å². The summed E-state index contributed by atoms with van der Waals surface area (Å²) >= 11 is 0. The fourth-order valence-corrected chi connectivity index (χ4v) is 6.08. The Morgan fingerprint density at radius 2 is 0.791 bits per heavy atom. The Labute approximate surface area is 256 Å². The summed E-state index contributed by atoms with van der Waals surface area (Å²) in [5, 5.41) is 0. The lowest BCUT2D eigenvalue weighted by Gasteiger charge is -2.36. The Bertz CT molecular complexity index is 785. The fourth-order valence-electron chi connectivity index (χ4n) is 5.20. The average Bonchev–Trinajstić information content (AvgIpc) is 2.88. The number of alkyl halides is 6. The minimum absolute atomic E-state index is 0.00601. The number of hydrogen-bond donors (Lipinski definition) is 0. The number of hydrogen-bond acceptors (Lipinski definition) is 5. The van der Waals surface area contributed by atoms with Crippen molar-refractivity contribution in [2.75, 3.05) is 5.75 Å². The molecule has 0 fully saturated rings. The van der Waals surface area contributed by atoms with E-state index in [1.807, 2.05) is 0 Å². The number of unbranched alkanes of at least 4 members (excludes halogenated alkanes) is 23. The van der Waals surface area contributed by atoms with Crippen LogP contribution in [0.15, 0.2) is 0 Å². The van der Waals surface area contributed by atoms with Gasteiger partial charge in [-0.1, -0.05) is 155 Å². The zero-order valence-corrected chi connectivity index (χ0v) is 26.9. The first-order valence-corrected chi connectivity index (χ1v) is 18.0. The van der Waals surface area contributed by atoms with Crippen LogP contribution in [0.3, 0.4) is 0 Å². The van der Waals surface area contributed by atoms with Gasteiger partial charge in [0.2, 0.25) is 0 Å². The van der Waals surface area contributed by atoms with Crippen LogP contribution in [0.4, 0.5) is 26.3 Å². The van der Waals surface area contributed by atoms with Gasteiger partial charge in [0.25, 0.3) is 0 Å². The molecule has 0 atom stereocenters. The number of esters is 1. The Hall–Kier alpha value is -1.04. The molecule has 0 amide bonds. The first kappa shape index (κ1) is 42.0. The van der Waals surface area contributed by atoms with E-state index in [0.29, 0.717) is 12.8 Å². The van der Waals surface area contributed by atoms with Crippen LogP contribution in [0, 0.1) is 0 Å². The standard InChI is InChI=1S/C31H56F6O5S/c1-2-3-4-5-6-7-8-9-10-11-12-13-14-15-16-17-18-19-20-21-22-23-24-25-26-28(38)42-29(30(32,33)34,31(35,36)37)27-43(39,40)41/h2-27H2,1H3,(H,39,40,41)/p-1. The number of ether oxygens (including phenoxy) is 1. The maximum atomic E-state index is 13.2. The highest BCUT2D eigenvalue weighted by Gasteiger charge is 2.75. The molecule has 0 heterocycles. The molecule has 0 rings (SSSR count). The van der Waals surface area contributed by atoms with Crippen molar-refractivity contribution < 1.29 is 48.8 Å². The summed E-state index contributed by atoms with van der Waals surface area (Å²) in [6.45, 7) is 2.25. The minimum atomic E-state index is -6.33. The molecular weight excluding hydrogens is 598 g/mol. The number of carbonyl (C=O) groups excluding carboxylic acids is 1. The second-order valence-electron chi connectivity index (χ2n) is 11.9. The molecule has 12 heteroatoms. The first-order chi connectivity index (χ1) is 20.2. The van der Waals surface area contributed by atoms with Crippen molar-refractivity contribution in [1.82, 2.24) is 0 Å². The van der Waals surface area contributed by atoms with Crippen LogP contribution < -0.4 is 0 Å². The molecule has 0 unspecified atom stereocenters. The quantitative estimate of drug-likeness (QED) is 0.0363. The van der Waals surface area contributed by atoms with Gasteiger partial charge in [-0.05, 0) is 6.42 Å². The van der Waals surface area contributed by atoms with Gasteiger partial charge in [0.1, 0.15) is 0 Å². The molecule has 0 aliphatic heterocycles. The summed E-state index contributed by atoms with van der Waals surface area (Å²) in [5.41, 5.74) is -5.38. The zero-order chi connectivity index (χ0) is 32.7. The van der Waals surface area contributed by atoms with Crippen molar-refractivity contribution in [1.29, 1.82) is 0 Å². The van der Waals surface area contributed by atoms with Crippen LogP contribution in [0.2, 0.25) is 0 Å². The van der Waals surface area contributed by atoms with Gasteiger partial charge in [0, 0.05) is 6.42 Å². The monoisotopic (exact) mass is 653 g/mol. The third kappa shape index (κ3) is 21.4. The maximum absolute atomic E-state index is 13.2. The molecule has 0 aliphatic carbocycles. The summed E-state index contributed by atoms with van der Waals surface area (Å²) in [6, 6.07) is 0. The predicted molar refractivity (Wildman–Crippen MR) is 157 cm³/mol. The lowest BCUT2D eigenvalue weighted by atomic mass is 10.0. The van der Waals surface area contributed by atoms with Gasteiger partial charge in [-0.3, -0.25) is 4.79 Å².